The SMILES string of the molecule is CC(=O)c1cc(N2CCCC2)ncc1N=Nc1n(-c2ccccc2)cc[n+]1-c1ccccc1. The van der Waals surface area contributed by atoms with Gasteiger partial charge in [0, 0.05) is 18.2 Å². The van der Waals surface area contributed by atoms with E-state index in [1.54, 1.807) is 13.1 Å². The molecule has 1 fully saturated rings. The Kier molecular flexibility index (Phi) is 5.76. The molecule has 0 spiro atoms. The van der Waals surface area contributed by atoms with Gasteiger partial charge in [0.25, 0.3) is 0 Å². The van der Waals surface area contributed by atoms with Crippen molar-refractivity contribution in [3.63, 3.8) is 0 Å². The minimum absolute atomic E-state index is 0.0545. The molecule has 2 aromatic heterocycles. The summed E-state index contributed by atoms with van der Waals surface area (Å²) in [4.78, 5) is 19.2. The molecule has 3 heterocycles. The predicted molar refractivity (Wildman–Crippen MR) is 127 cm³/mol. The minimum Gasteiger partial charge on any atom is -0.357 e. The van der Waals surface area contributed by atoms with Gasteiger partial charge in [-0.15, -0.1) is 0 Å². The molecular formula is C26H25N6O+. The zero-order valence-corrected chi connectivity index (χ0v) is 18.5. The van der Waals surface area contributed by atoms with Crippen LogP contribution in [0.3, 0.4) is 0 Å². The normalized spacial score (nSPS) is 13.7. The first-order valence-corrected chi connectivity index (χ1v) is 11.1. The Morgan fingerprint density at radius 3 is 2.36 bits per heavy atom. The number of carbonyl (C=O) groups excluding carboxylic acids is 1. The van der Waals surface area contributed by atoms with Crippen molar-refractivity contribution >= 4 is 23.2 Å². The highest BCUT2D eigenvalue weighted by atomic mass is 16.1. The van der Waals surface area contributed by atoms with Gasteiger partial charge in [-0.05, 0) is 50.1 Å². The van der Waals surface area contributed by atoms with Crippen LogP contribution in [0.5, 0.6) is 0 Å². The number of nitrogens with zero attached hydrogens (tertiary/aromatic N) is 6. The summed E-state index contributed by atoms with van der Waals surface area (Å²) in [5.41, 5.74) is 2.93. The maximum absolute atomic E-state index is 12.4. The number of ketones is 1. The Morgan fingerprint density at radius 2 is 1.67 bits per heavy atom. The molecule has 0 unspecified atom stereocenters. The molecule has 1 aliphatic rings. The third kappa shape index (κ3) is 4.30. The van der Waals surface area contributed by atoms with Crippen molar-refractivity contribution in [2.24, 2.45) is 10.2 Å². The second-order valence-corrected chi connectivity index (χ2v) is 8.02. The van der Waals surface area contributed by atoms with Crippen LogP contribution in [0.25, 0.3) is 11.4 Å². The Bertz CT molecular complexity index is 1230. The topological polar surface area (TPSA) is 66.7 Å². The average molecular weight is 438 g/mol. The molecule has 0 amide bonds. The highest BCUT2D eigenvalue weighted by Crippen LogP contribution is 2.27. The largest absolute Gasteiger partial charge is 0.431 e. The van der Waals surface area contributed by atoms with Crippen molar-refractivity contribution in [2.75, 3.05) is 18.0 Å². The predicted octanol–water partition coefficient (Wildman–Crippen LogP) is 5.37. The van der Waals surface area contributed by atoms with Crippen molar-refractivity contribution in [1.82, 2.24) is 9.55 Å². The lowest BCUT2D eigenvalue weighted by atomic mass is 10.1. The van der Waals surface area contributed by atoms with Crippen molar-refractivity contribution in [2.45, 2.75) is 19.8 Å². The zero-order chi connectivity index (χ0) is 22.6. The maximum atomic E-state index is 12.4. The molecule has 4 aromatic rings. The number of anilines is 1. The van der Waals surface area contributed by atoms with E-state index < -0.39 is 0 Å². The molecule has 33 heavy (non-hydrogen) atoms. The quantitative estimate of drug-likeness (QED) is 0.231. The Hall–Kier alpha value is -4.13. The van der Waals surface area contributed by atoms with Crippen LogP contribution in [0.1, 0.15) is 30.1 Å². The van der Waals surface area contributed by atoms with Crippen molar-refractivity contribution in [1.29, 1.82) is 0 Å². The number of pyridine rings is 1. The summed E-state index contributed by atoms with van der Waals surface area (Å²) < 4.78 is 3.94. The van der Waals surface area contributed by atoms with Gasteiger partial charge in [0.1, 0.15) is 35.3 Å². The summed E-state index contributed by atoms with van der Waals surface area (Å²) in [6.45, 7) is 3.48. The third-order valence-electron chi connectivity index (χ3n) is 5.79. The molecule has 1 aliphatic heterocycles. The summed E-state index contributed by atoms with van der Waals surface area (Å²) in [6.07, 6.45) is 7.86. The summed E-state index contributed by atoms with van der Waals surface area (Å²) >= 11 is 0. The number of benzene rings is 2. The monoisotopic (exact) mass is 437 g/mol. The first-order valence-electron chi connectivity index (χ1n) is 11.1. The maximum Gasteiger partial charge on any atom is 0.431 e. The van der Waals surface area contributed by atoms with E-state index in [1.165, 1.54) is 0 Å². The van der Waals surface area contributed by atoms with Crippen LogP contribution < -0.4 is 9.47 Å². The van der Waals surface area contributed by atoms with Crippen molar-refractivity contribution in [3.8, 4) is 11.4 Å². The van der Waals surface area contributed by atoms with E-state index in [0.29, 0.717) is 17.2 Å². The van der Waals surface area contributed by atoms with E-state index in [2.05, 4.69) is 20.1 Å². The van der Waals surface area contributed by atoms with Gasteiger partial charge < -0.3 is 4.90 Å². The number of carbonyl (C=O) groups is 1. The zero-order valence-electron chi connectivity index (χ0n) is 18.5. The van der Waals surface area contributed by atoms with Crippen molar-refractivity contribution in [3.05, 3.63) is 90.9 Å². The second kappa shape index (κ2) is 9.16. The van der Waals surface area contributed by atoms with Crippen LogP contribution >= 0.6 is 0 Å². The van der Waals surface area contributed by atoms with Crippen LogP contribution in [0.15, 0.2) is 95.5 Å². The molecule has 0 saturated carbocycles. The highest BCUT2D eigenvalue weighted by Gasteiger charge is 2.22. The molecule has 5 rings (SSSR count). The molecule has 164 valence electrons. The molecule has 0 bridgehead atoms. The first-order chi connectivity index (χ1) is 16.2. The average Bonchev–Trinajstić information content (AvgIpc) is 3.54. The van der Waals surface area contributed by atoms with E-state index in [4.69, 9.17) is 0 Å². The van der Waals surface area contributed by atoms with Gasteiger partial charge in [0.15, 0.2) is 5.78 Å². The van der Waals surface area contributed by atoms with Gasteiger partial charge in [-0.1, -0.05) is 41.5 Å². The summed E-state index contributed by atoms with van der Waals surface area (Å²) in [6, 6.07) is 21.8. The van der Waals surface area contributed by atoms with Gasteiger partial charge in [0.2, 0.25) is 0 Å². The third-order valence-corrected chi connectivity index (χ3v) is 5.79. The summed E-state index contributed by atoms with van der Waals surface area (Å²) in [5.74, 6) is 1.38. The molecule has 7 nitrogen and oxygen atoms in total. The van der Waals surface area contributed by atoms with Gasteiger partial charge in [-0.2, -0.15) is 9.13 Å². The first kappa shape index (κ1) is 20.8. The van der Waals surface area contributed by atoms with E-state index in [9.17, 15) is 4.79 Å². The molecule has 0 N–H and O–H groups in total. The van der Waals surface area contributed by atoms with E-state index >= 15 is 0 Å². The number of aromatic nitrogens is 3. The van der Waals surface area contributed by atoms with E-state index in [0.717, 1.165) is 43.1 Å². The lowest BCUT2D eigenvalue weighted by Gasteiger charge is -2.16. The van der Waals surface area contributed by atoms with Crippen LogP contribution in [0.2, 0.25) is 0 Å². The molecule has 0 atom stereocenters. The number of hydrogen-bond donors (Lipinski definition) is 0. The van der Waals surface area contributed by atoms with Gasteiger partial charge in [-0.3, -0.25) is 4.79 Å². The van der Waals surface area contributed by atoms with Gasteiger partial charge in [0.05, 0.1) is 11.8 Å². The molecule has 2 aromatic carbocycles. The van der Waals surface area contributed by atoms with Gasteiger partial charge in [-0.25, -0.2) is 4.98 Å². The van der Waals surface area contributed by atoms with E-state index in [1.807, 2.05) is 88.3 Å². The minimum atomic E-state index is -0.0545. The summed E-state index contributed by atoms with van der Waals surface area (Å²) in [5, 5.41) is 9.10. The van der Waals surface area contributed by atoms with E-state index in [-0.39, 0.29) is 5.78 Å². The Labute approximate surface area is 192 Å². The van der Waals surface area contributed by atoms with Crippen molar-refractivity contribution < 1.29 is 9.36 Å². The number of azo groups is 1. The number of Topliss-reactive ketones (excluding diaryl/α,β-unsaturated/α-hetero) is 1. The summed E-state index contributed by atoms with van der Waals surface area (Å²) in [7, 11) is 0. The number of rotatable bonds is 6. The highest BCUT2D eigenvalue weighted by molar-refractivity contribution is 5.99. The molecule has 0 aliphatic carbocycles. The lowest BCUT2D eigenvalue weighted by molar-refractivity contribution is -0.581. The Morgan fingerprint density at radius 1 is 0.970 bits per heavy atom. The van der Waals surface area contributed by atoms with Crippen LogP contribution in [0, 0.1) is 0 Å². The molecular weight excluding hydrogens is 412 g/mol. The molecule has 0 radical (unpaired) electrons. The standard InChI is InChI=1S/C26H25N6O/c1-20(33)23-18-25(30-14-8-9-15-30)27-19-24(23)28-29-26-31(21-10-4-2-5-11-21)16-17-32(26)22-12-6-3-7-13-22/h2-7,10-13,16-19H,8-9,14-15H2,1H3/q+1. The number of imidazole rings is 1. The van der Waals surface area contributed by atoms with Crippen LogP contribution in [0.4, 0.5) is 17.5 Å². The lowest BCUT2D eigenvalue weighted by Crippen LogP contribution is -2.28. The number of hydrogen-bond acceptors (Lipinski definition) is 5. The fourth-order valence-electron chi connectivity index (χ4n) is 4.08. The smallest absolute Gasteiger partial charge is 0.357 e. The second-order valence-electron chi connectivity index (χ2n) is 8.02. The molecule has 7 heteroatoms. The van der Waals surface area contributed by atoms with Crippen LogP contribution in [-0.4, -0.2) is 28.4 Å². The number of para-hydroxylation sites is 2. The molecule has 1 saturated heterocycles. The van der Waals surface area contributed by atoms with Crippen LogP contribution in [-0.2, 0) is 0 Å². The fourth-order valence-corrected chi connectivity index (χ4v) is 4.08. The fraction of sp³-hybridized carbons (Fsp3) is 0.192. The van der Waals surface area contributed by atoms with Gasteiger partial charge >= 0.3 is 5.95 Å². The Balaban J connectivity index is 1.58.